The Labute approximate surface area is 97.3 Å². The van der Waals surface area contributed by atoms with Gasteiger partial charge in [0, 0.05) is 18.3 Å². The van der Waals surface area contributed by atoms with E-state index in [9.17, 15) is 0 Å². The van der Waals surface area contributed by atoms with Gasteiger partial charge >= 0.3 is 0 Å². The third-order valence-electron chi connectivity index (χ3n) is 3.55. The highest BCUT2D eigenvalue weighted by Crippen LogP contribution is 2.27. The molecule has 0 bridgehead atoms. The lowest BCUT2D eigenvalue weighted by Gasteiger charge is -2.29. The van der Waals surface area contributed by atoms with Crippen molar-refractivity contribution < 1.29 is 0 Å². The standard InChI is InChI=1S/C12H22N2S/c1-2-10-4-6-11(7-5-10)14-12-13-8-3-9-15-12/h10-11H,2-9H2,1H3,(H,13,14). The molecule has 0 aromatic heterocycles. The Morgan fingerprint density at radius 1 is 1.33 bits per heavy atom. The van der Waals surface area contributed by atoms with Crippen molar-refractivity contribution in [1.82, 2.24) is 5.32 Å². The molecule has 0 amide bonds. The van der Waals surface area contributed by atoms with Crippen LogP contribution in [0.15, 0.2) is 4.99 Å². The van der Waals surface area contributed by atoms with E-state index in [2.05, 4.69) is 17.2 Å². The quantitative estimate of drug-likeness (QED) is 0.782. The summed E-state index contributed by atoms with van der Waals surface area (Å²) >= 11 is 1.90. The van der Waals surface area contributed by atoms with E-state index in [1.165, 1.54) is 49.4 Å². The van der Waals surface area contributed by atoms with Crippen molar-refractivity contribution in [1.29, 1.82) is 0 Å². The minimum atomic E-state index is 0.706. The van der Waals surface area contributed by atoms with Crippen LogP contribution in [0, 0.1) is 5.92 Å². The van der Waals surface area contributed by atoms with Gasteiger partial charge in [0.25, 0.3) is 0 Å². The number of rotatable bonds is 2. The van der Waals surface area contributed by atoms with E-state index in [0.29, 0.717) is 6.04 Å². The van der Waals surface area contributed by atoms with Crippen LogP contribution in [0.5, 0.6) is 0 Å². The van der Waals surface area contributed by atoms with Gasteiger partial charge < -0.3 is 5.32 Å². The third-order valence-corrected chi connectivity index (χ3v) is 4.56. The monoisotopic (exact) mass is 226 g/mol. The predicted octanol–water partition coefficient (Wildman–Crippen LogP) is 3.04. The fourth-order valence-corrected chi connectivity index (χ4v) is 3.34. The lowest BCUT2D eigenvalue weighted by molar-refractivity contribution is 0.306. The van der Waals surface area contributed by atoms with Gasteiger partial charge in [-0.2, -0.15) is 0 Å². The zero-order valence-electron chi connectivity index (χ0n) is 9.67. The lowest BCUT2D eigenvalue weighted by Crippen LogP contribution is -2.37. The molecule has 2 rings (SSSR count). The molecule has 1 N–H and O–H groups in total. The minimum absolute atomic E-state index is 0.706. The zero-order chi connectivity index (χ0) is 10.5. The van der Waals surface area contributed by atoms with Gasteiger partial charge in [0.15, 0.2) is 5.17 Å². The van der Waals surface area contributed by atoms with Crippen molar-refractivity contribution in [3.05, 3.63) is 0 Å². The fraction of sp³-hybridized carbons (Fsp3) is 0.917. The molecule has 0 atom stereocenters. The van der Waals surface area contributed by atoms with Crippen LogP contribution in [0.1, 0.15) is 45.4 Å². The van der Waals surface area contributed by atoms with Gasteiger partial charge in [0.05, 0.1) is 0 Å². The molecule has 1 aliphatic heterocycles. The lowest BCUT2D eigenvalue weighted by atomic mass is 9.85. The van der Waals surface area contributed by atoms with Gasteiger partial charge in [0.1, 0.15) is 0 Å². The van der Waals surface area contributed by atoms with Gasteiger partial charge in [-0.15, -0.1) is 0 Å². The second-order valence-electron chi connectivity index (χ2n) is 4.66. The van der Waals surface area contributed by atoms with Gasteiger partial charge in [-0.25, -0.2) is 0 Å². The molecule has 86 valence electrons. The maximum Gasteiger partial charge on any atom is 0.156 e. The van der Waals surface area contributed by atoms with Crippen LogP contribution in [0.25, 0.3) is 0 Å². The van der Waals surface area contributed by atoms with Crippen LogP contribution in [-0.4, -0.2) is 23.5 Å². The molecule has 0 unspecified atom stereocenters. The average Bonchev–Trinajstić information content (AvgIpc) is 2.31. The number of nitrogens with zero attached hydrogens (tertiary/aromatic N) is 1. The number of thioether (sulfide) groups is 1. The van der Waals surface area contributed by atoms with E-state index < -0.39 is 0 Å². The average molecular weight is 226 g/mol. The molecule has 15 heavy (non-hydrogen) atoms. The number of nitrogens with one attached hydrogen (secondary N) is 1. The fourth-order valence-electron chi connectivity index (χ4n) is 2.44. The topological polar surface area (TPSA) is 24.4 Å². The zero-order valence-corrected chi connectivity index (χ0v) is 10.5. The highest BCUT2D eigenvalue weighted by molar-refractivity contribution is 8.13. The maximum absolute atomic E-state index is 4.53. The number of aliphatic imine (C=N–C) groups is 1. The normalized spacial score (nSPS) is 32.2. The Balaban J connectivity index is 1.74. The Morgan fingerprint density at radius 2 is 2.13 bits per heavy atom. The molecule has 1 aliphatic carbocycles. The van der Waals surface area contributed by atoms with Crippen molar-refractivity contribution in [3.63, 3.8) is 0 Å². The second-order valence-corrected chi connectivity index (χ2v) is 5.74. The number of hydrogen-bond donors (Lipinski definition) is 1. The summed E-state index contributed by atoms with van der Waals surface area (Å²) in [6.45, 7) is 3.35. The molecular weight excluding hydrogens is 204 g/mol. The van der Waals surface area contributed by atoms with E-state index in [1.807, 2.05) is 11.8 Å². The van der Waals surface area contributed by atoms with Gasteiger partial charge in [-0.1, -0.05) is 25.1 Å². The second kappa shape index (κ2) is 5.78. The van der Waals surface area contributed by atoms with Crippen molar-refractivity contribution in [2.45, 2.75) is 51.5 Å². The molecule has 1 saturated carbocycles. The largest absolute Gasteiger partial charge is 0.362 e. The molecule has 0 spiro atoms. The molecule has 2 aliphatic rings. The summed E-state index contributed by atoms with van der Waals surface area (Å²) < 4.78 is 0. The van der Waals surface area contributed by atoms with Crippen LogP contribution in [0.4, 0.5) is 0 Å². The third kappa shape index (κ3) is 3.40. The molecule has 1 heterocycles. The molecule has 1 fully saturated rings. The highest BCUT2D eigenvalue weighted by Gasteiger charge is 2.21. The molecular formula is C12H22N2S. The van der Waals surface area contributed by atoms with Crippen LogP contribution in [0.2, 0.25) is 0 Å². The van der Waals surface area contributed by atoms with E-state index in [4.69, 9.17) is 0 Å². The smallest absolute Gasteiger partial charge is 0.156 e. The van der Waals surface area contributed by atoms with E-state index >= 15 is 0 Å². The first kappa shape index (κ1) is 11.3. The minimum Gasteiger partial charge on any atom is -0.362 e. The first-order chi connectivity index (χ1) is 7.38. The van der Waals surface area contributed by atoms with Crippen LogP contribution in [0.3, 0.4) is 0 Å². The summed E-state index contributed by atoms with van der Waals surface area (Å²) in [5.41, 5.74) is 0. The molecule has 2 nitrogen and oxygen atoms in total. The van der Waals surface area contributed by atoms with Crippen LogP contribution < -0.4 is 5.32 Å². The molecule has 0 aromatic carbocycles. The molecule has 0 radical (unpaired) electrons. The summed E-state index contributed by atoms with van der Waals surface area (Å²) in [4.78, 5) is 4.53. The van der Waals surface area contributed by atoms with Gasteiger partial charge in [0.2, 0.25) is 0 Å². The summed E-state index contributed by atoms with van der Waals surface area (Å²) in [5, 5.41) is 4.82. The summed E-state index contributed by atoms with van der Waals surface area (Å²) in [6, 6.07) is 0.706. The van der Waals surface area contributed by atoms with Crippen molar-refractivity contribution in [2.24, 2.45) is 10.9 Å². The van der Waals surface area contributed by atoms with Crippen molar-refractivity contribution in [3.8, 4) is 0 Å². The molecule has 3 heteroatoms. The number of amidine groups is 1. The first-order valence-electron chi connectivity index (χ1n) is 6.32. The number of hydrogen-bond acceptors (Lipinski definition) is 3. The van der Waals surface area contributed by atoms with E-state index in [0.717, 1.165) is 12.5 Å². The van der Waals surface area contributed by atoms with Crippen LogP contribution in [-0.2, 0) is 0 Å². The predicted molar refractivity (Wildman–Crippen MR) is 68.5 cm³/mol. The Morgan fingerprint density at radius 3 is 2.73 bits per heavy atom. The maximum atomic E-state index is 4.53. The van der Waals surface area contributed by atoms with Gasteiger partial charge in [-0.05, 0) is 38.0 Å². The van der Waals surface area contributed by atoms with Gasteiger partial charge in [-0.3, -0.25) is 4.99 Å². The highest BCUT2D eigenvalue weighted by atomic mass is 32.2. The molecule has 0 saturated heterocycles. The molecule has 0 aromatic rings. The van der Waals surface area contributed by atoms with Crippen LogP contribution >= 0.6 is 11.8 Å². The summed E-state index contributed by atoms with van der Waals surface area (Å²) in [5.74, 6) is 2.24. The first-order valence-corrected chi connectivity index (χ1v) is 7.31. The Kier molecular flexibility index (Phi) is 4.36. The van der Waals surface area contributed by atoms with Crippen molar-refractivity contribution >= 4 is 16.9 Å². The Hall–Kier alpha value is -0.180. The Bertz CT molecular complexity index is 220. The summed E-state index contributed by atoms with van der Waals surface area (Å²) in [6.07, 6.45) is 8.12. The summed E-state index contributed by atoms with van der Waals surface area (Å²) in [7, 11) is 0. The van der Waals surface area contributed by atoms with Crippen molar-refractivity contribution in [2.75, 3.05) is 12.3 Å². The van der Waals surface area contributed by atoms with E-state index in [-0.39, 0.29) is 0 Å². The SMILES string of the molecule is CCC1CCC(NC2=NCCCS2)CC1. The van der Waals surface area contributed by atoms with E-state index in [1.54, 1.807) is 0 Å².